The zero-order valence-electron chi connectivity index (χ0n) is 7.58. The van der Waals surface area contributed by atoms with E-state index in [-0.39, 0.29) is 12.1 Å². The van der Waals surface area contributed by atoms with Gasteiger partial charge in [-0.3, -0.25) is 0 Å². The van der Waals surface area contributed by atoms with E-state index in [2.05, 4.69) is 4.99 Å². The van der Waals surface area contributed by atoms with Crippen LogP contribution >= 0.6 is 0 Å². The Morgan fingerprint density at radius 2 is 2.25 bits per heavy atom. The van der Waals surface area contributed by atoms with E-state index in [4.69, 9.17) is 5.73 Å². The molecule has 4 nitrogen and oxygen atoms in total. The van der Waals surface area contributed by atoms with Gasteiger partial charge in [-0.05, 0) is 12.8 Å². The molecule has 1 atom stereocenters. The molecular weight excluding hydrogens is 154 g/mol. The summed E-state index contributed by atoms with van der Waals surface area (Å²) >= 11 is 0. The SMILES string of the molecule is CCCN1C(=O)N=C(N)C1CC. The summed E-state index contributed by atoms with van der Waals surface area (Å²) in [7, 11) is 0. The Hall–Kier alpha value is -1.06. The lowest BCUT2D eigenvalue weighted by atomic mass is 10.2. The first-order chi connectivity index (χ1) is 5.70. The molecule has 2 N–H and O–H groups in total. The third-order valence-electron chi connectivity index (χ3n) is 2.04. The number of urea groups is 1. The number of hydrogen-bond acceptors (Lipinski definition) is 2. The van der Waals surface area contributed by atoms with E-state index in [0.29, 0.717) is 5.84 Å². The van der Waals surface area contributed by atoms with Crippen molar-refractivity contribution in [1.29, 1.82) is 0 Å². The third kappa shape index (κ3) is 1.42. The fourth-order valence-corrected chi connectivity index (χ4v) is 1.46. The molecule has 1 unspecified atom stereocenters. The van der Waals surface area contributed by atoms with Crippen LogP contribution in [0.2, 0.25) is 0 Å². The van der Waals surface area contributed by atoms with Crippen LogP contribution in [0.1, 0.15) is 26.7 Å². The normalized spacial score (nSPS) is 23.2. The fraction of sp³-hybridized carbons (Fsp3) is 0.750. The quantitative estimate of drug-likeness (QED) is 0.684. The molecule has 1 aliphatic heterocycles. The standard InChI is InChI=1S/C8H15N3O/c1-3-5-11-6(4-2)7(9)10-8(11)12/h6H,3-5H2,1-2H3,(H2,9,10,12). The van der Waals surface area contributed by atoms with Crippen LogP contribution in [0, 0.1) is 0 Å². The topological polar surface area (TPSA) is 58.7 Å². The van der Waals surface area contributed by atoms with Crippen LogP contribution in [0.15, 0.2) is 4.99 Å². The van der Waals surface area contributed by atoms with E-state index in [1.807, 2.05) is 13.8 Å². The smallest absolute Gasteiger partial charge is 0.345 e. The lowest BCUT2D eigenvalue weighted by Gasteiger charge is -2.21. The molecule has 1 rings (SSSR count). The van der Waals surface area contributed by atoms with Crippen LogP contribution in [0.3, 0.4) is 0 Å². The van der Waals surface area contributed by atoms with Crippen molar-refractivity contribution < 1.29 is 4.79 Å². The largest absolute Gasteiger partial charge is 0.385 e. The van der Waals surface area contributed by atoms with Gasteiger partial charge in [0, 0.05) is 6.54 Å². The van der Waals surface area contributed by atoms with Crippen LogP contribution in [0.25, 0.3) is 0 Å². The van der Waals surface area contributed by atoms with Crippen molar-refractivity contribution in [3.05, 3.63) is 0 Å². The summed E-state index contributed by atoms with van der Waals surface area (Å²) in [6, 6.07) is -0.140. The van der Waals surface area contributed by atoms with E-state index in [9.17, 15) is 4.79 Å². The minimum Gasteiger partial charge on any atom is -0.385 e. The highest BCUT2D eigenvalue weighted by molar-refractivity contribution is 6.02. The molecule has 0 aromatic rings. The lowest BCUT2D eigenvalue weighted by molar-refractivity contribution is 0.205. The summed E-state index contributed by atoms with van der Waals surface area (Å²) < 4.78 is 0. The maximum absolute atomic E-state index is 11.2. The number of aliphatic imine (C=N–C) groups is 1. The van der Waals surface area contributed by atoms with Gasteiger partial charge in [0.05, 0.1) is 6.04 Å². The van der Waals surface area contributed by atoms with Crippen molar-refractivity contribution in [3.8, 4) is 0 Å². The van der Waals surface area contributed by atoms with Gasteiger partial charge < -0.3 is 10.6 Å². The minimum atomic E-state index is -0.179. The van der Waals surface area contributed by atoms with Crippen LogP contribution in [-0.2, 0) is 0 Å². The zero-order chi connectivity index (χ0) is 9.14. The molecule has 0 fully saturated rings. The molecule has 12 heavy (non-hydrogen) atoms. The molecule has 1 heterocycles. The van der Waals surface area contributed by atoms with E-state index in [1.165, 1.54) is 0 Å². The second-order valence-corrected chi connectivity index (χ2v) is 2.94. The fourth-order valence-electron chi connectivity index (χ4n) is 1.46. The third-order valence-corrected chi connectivity index (χ3v) is 2.04. The first kappa shape index (κ1) is 9.03. The summed E-state index contributed by atoms with van der Waals surface area (Å²) in [5.74, 6) is 0.468. The molecule has 0 saturated carbocycles. The Morgan fingerprint density at radius 1 is 1.58 bits per heavy atom. The Balaban J connectivity index is 2.69. The number of amides is 2. The Morgan fingerprint density at radius 3 is 2.75 bits per heavy atom. The Labute approximate surface area is 72.4 Å². The molecule has 0 spiro atoms. The monoisotopic (exact) mass is 169 g/mol. The molecule has 1 aliphatic rings. The van der Waals surface area contributed by atoms with Crippen LogP contribution in [0.4, 0.5) is 4.79 Å². The van der Waals surface area contributed by atoms with Gasteiger partial charge in [0.1, 0.15) is 5.84 Å². The van der Waals surface area contributed by atoms with Crippen LogP contribution in [-0.4, -0.2) is 29.4 Å². The minimum absolute atomic E-state index is 0.0393. The van der Waals surface area contributed by atoms with Gasteiger partial charge in [-0.25, -0.2) is 4.79 Å². The Kier molecular flexibility index (Phi) is 2.68. The highest BCUT2D eigenvalue weighted by Crippen LogP contribution is 2.13. The van der Waals surface area contributed by atoms with Crippen LogP contribution in [0.5, 0.6) is 0 Å². The molecule has 0 saturated heterocycles. The van der Waals surface area contributed by atoms with E-state index in [0.717, 1.165) is 19.4 Å². The average molecular weight is 169 g/mol. The van der Waals surface area contributed by atoms with E-state index < -0.39 is 0 Å². The first-order valence-electron chi connectivity index (χ1n) is 4.35. The second-order valence-electron chi connectivity index (χ2n) is 2.94. The maximum Gasteiger partial charge on any atom is 0.345 e. The van der Waals surface area contributed by atoms with Gasteiger partial charge in [-0.2, -0.15) is 4.99 Å². The number of nitrogens with zero attached hydrogens (tertiary/aromatic N) is 2. The van der Waals surface area contributed by atoms with Crippen molar-refractivity contribution in [2.45, 2.75) is 32.7 Å². The number of nitrogens with two attached hydrogens (primary N) is 1. The van der Waals surface area contributed by atoms with Gasteiger partial charge in [0.2, 0.25) is 0 Å². The van der Waals surface area contributed by atoms with Crippen molar-refractivity contribution in [2.24, 2.45) is 10.7 Å². The van der Waals surface area contributed by atoms with Crippen molar-refractivity contribution in [3.63, 3.8) is 0 Å². The molecule has 0 bridgehead atoms. The molecular formula is C8H15N3O. The zero-order valence-corrected chi connectivity index (χ0v) is 7.58. The molecule has 0 aromatic carbocycles. The highest BCUT2D eigenvalue weighted by atomic mass is 16.2. The summed E-state index contributed by atoms with van der Waals surface area (Å²) in [5.41, 5.74) is 5.59. The predicted octanol–water partition coefficient (Wildman–Crippen LogP) is 0.968. The van der Waals surface area contributed by atoms with Gasteiger partial charge in [0.15, 0.2) is 0 Å². The highest BCUT2D eigenvalue weighted by Gasteiger charge is 2.30. The van der Waals surface area contributed by atoms with Gasteiger partial charge in [-0.1, -0.05) is 13.8 Å². The van der Waals surface area contributed by atoms with Crippen molar-refractivity contribution in [2.75, 3.05) is 6.54 Å². The average Bonchev–Trinajstić information content (AvgIpc) is 2.28. The molecule has 0 aromatic heterocycles. The Bertz CT molecular complexity index is 212. The van der Waals surface area contributed by atoms with Crippen LogP contribution < -0.4 is 5.73 Å². The predicted molar refractivity (Wildman–Crippen MR) is 48.1 cm³/mol. The molecule has 0 aliphatic carbocycles. The number of carbonyl (C=O) groups is 1. The number of hydrogen-bond donors (Lipinski definition) is 1. The molecule has 2 amide bonds. The first-order valence-corrected chi connectivity index (χ1v) is 4.35. The van der Waals surface area contributed by atoms with Crippen molar-refractivity contribution >= 4 is 11.9 Å². The summed E-state index contributed by atoms with van der Waals surface area (Å²) in [6.45, 7) is 4.80. The second kappa shape index (κ2) is 3.56. The van der Waals surface area contributed by atoms with Gasteiger partial charge in [-0.15, -0.1) is 0 Å². The summed E-state index contributed by atoms with van der Waals surface area (Å²) in [5, 5.41) is 0. The molecule has 4 heteroatoms. The number of amidine groups is 1. The maximum atomic E-state index is 11.2. The number of rotatable bonds is 3. The molecule has 68 valence electrons. The number of carbonyl (C=O) groups excluding carboxylic acids is 1. The summed E-state index contributed by atoms with van der Waals surface area (Å²) in [4.78, 5) is 16.7. The molecule has 0 radical (unpaired) electrons. The van der Waals surface area contributed by atoms with Crippen molar-refractivity contribution in [1.82, 2.24) is 4.90 Å². The van der Waals surface area contributed by atoms with E-state index >= 15 is 0 Å². The van der Waals surface area contributed by atoms with Gasteiger partial charge >= 0.3 is 6.03 Å². The van der Waals surface area contributed by atoms with Gasteiger partial charge in [0.25, 0.3) is 0 Å². The van der Waals surface area contributed by atoms with E-state index in [1.54, 1.807) is 4.90 Å². The summed E-state index contributed by atoms with van der Waals surface area (Å²) in [6.07, 6.45) is 1.80. The lowest BCUT2D eigenvalue weighted by Crippen LogP contribution is -2.40.